The maximum atomic E-state index is 13.5. The molecular formula is C54H65ClN10O3. The molecule has 4 aromatic carbocycles. The summed E-state index contributed by atoms with van der Waals surface area (Å²) in [6, 6.07) is 28.1. The third-order valence-corrected chi connectivity index (χ3v) is 13.8. The molecule has 2 aromatic heterocycles. The summed E-state index contributed by atoms with van der Waals surface area (Å²) < 4.78 is 0. The second-order valence-corrected chi connectivity index (χ2v) is 17.8. The lowest BCUT2D eigenvalue weighted by molar-refractivity contribution is 0.0692. The number of carboxylic acid groups (broad SMARTS) is 1. The van der Waals surface area contributed by atoms with Gasteiger partial charge in [-0.3, -0.25) is 15.0 Å². The Bertz CT molecular complexity index is 2650. The lowest BCUT2D eigenvalue weighted by atomic mass is 9.77. The van der Waals surface area contributed by atoms with Crippen molar-refractivity contribution in [1.29, 1.82) is 10.5 Å². The first-order valence-corrected chi connectivity index (χ1v) is 22.9. The van der Waals surface area contributed by atoms with Gasteiger partial charge in [0, 0.05) is 29.8 Å². The van der Waals surface area contributed by atoms with Crippen molar-refractivity contribution in [3.05, 3.63) is 141 Å². The molecule has 1 amide bonds. The molecule has 68 heavy (non-hydrogen) atoms. The van der Waals surface area contributed by atoms with Crippen LogP contribution in [0.4, 0.5) is 0 Å². The minimum atomic E-state index is -0.904. The molecule has 2 saturated heterocycles. The molecule has 0 unspecified atom stereocenters. The molecule has 4 fully saturated rings. The number of carbonyl (C=O) groups is 2. The molecule has 0 bridgehead atoms. The quantitative estimate of drug-likeness (QED) is 0.114. The van der Waals surface area contributed by atoms with E-state index in [1.54, 1.807) is 6.07 Å². The third-order valence-electron chi connectivity index (χ3n) is 13.8. The number of hydrogen-bond acceptors (Lipinski definition) is 9. The van der Waals surface area contributed by atoms with E-state index in [4.69, 9.17) is 10.5 Å². The summed E-state index contributed by atoms with van der Waals surface area (Å²) in [7, 11) is 0. The standard InChI is InChI=1S/C26H27N5O.C14H15N3O2.C12H14N2.2CH4.ClH/c1-17-13-23(21-3-2-4-21)24(25-28-16-29-30-25)14-22(17)26(32)31-11-9-20(10-12-31)19-7-5-18(15-27)6-8-19;1-8-5-11(9-3-2-4-9)12(6-10(8)14(18)19)13-15-7-16-17-13;13-9-10-1-3-11(4-2-10)12-5-7-14-8-6-12;;;/h5-8,13-14,16,20-21H,2-4,9-12H2,1H3,(H,28,29,30);5-7,9H,2-4H2,1H3,(H,18,19)(H,15,16,17);1-4,12,14H,5-8H2;2*1H4;1H. The first kappa shape index (κ1) is 52.3. The Kier molecular flexibility index (Phi) is 18.8. The molecule has 6 aromatic rings. The van der Waals surface area contributed by atoms with Crippen molar-refractivity contribution in [2.24, 2.45) is 0 Å². The number of aromatic carboxylic acids is 1. The van der Waals surface area contributed by atoms with Gasteiger partial charge in [0.1, 0.15) is 12.7 Å². The lowest BCUT2D eigenvalue weighted by Gasteiger charge is -2.33. The van der Waals surface area contributed by atoms with Gasteiger partial charge in [-0.05, 0) is 172 Å². The molecule has 14 heteroatoms. The van der Waals surface area contributed by atoms with Gasteiger partial charge in [0.05, 0.1) is 28.8 Å². The van der Waals surface area contributed by atoms with Crippen LogP contribution in [0.1, 0.15) is 168 Å². The van der Waals surface area contributed by atoms with Gasteiger partial charge in [0.2, 0.25) is 0 Å². The maximum Gasteiger partial charge on any atom is 0.335 e. The number of amides is 1. The molecule has 0 spiro atoms. The van der Waals surface area contributed by atoms with Gasteiger partial charge >= 0.3 is 5.97 Å². The van der Waals surface area contributed by atoms with Crippen LogP contribution >= 0.6 is 12.4 Å². The van der Waals surface area contributed by atoms with Gasteiger partial charge in [0.15, 0.2) is 11.6 Å². The van der Waals surface area contributed by atoms with E-state index < -0.39 is 5.97 Å². The monoisotopic (exact) mass is 936 g/mol. The van der Waals surface area contributed by atoms with Crippen molar-refractivity contribution < 1.29 is 14.7 Å². The van der Waals surface area contributed by atoms with Gasteiger partial charge < -0.3 is 15.3 Å². The Balaban J connectivity index is 0.000000205. The van der Waals surface area contributed by atoms with Crippen molar-refractivity contribution >= 4 is 24.3 Å². The maximum absolute atomic E-state index is 13.5. The Labute approximate surface area is 407 Å². The third kappa shape index (κ3) is 12.1. The van der Waals surface area contributed by atoms with E-state index in [1.807, 2.05) is 67.3 Å². The highest BCUT2D eigenvalue weighted by Crippen LogP contribution is 2.43. The second-order valence-electron chi connectivity index (χ2n) is 17.8. The number of nitrogens with one attached hydrogen (secondary N) is 3. The summed E-state index contributed by atoms with van der Waals surface area (Å²) in [6.45, 7) is 7.60. The summed E-state index contributed by atoms with van der Waals surface area (Å²) in [6.07, 6.45) is 14.5. The number of aryl methyl sites for hydroxylation is 2. The fourth-order valence-corrected chi connectivity index (χ4v) is 9.52. The summed E-state index contributed by atoms with van der Waals surface area (Å²) in [5.74, 6) is 2.75. The zero-order valence-electron chi connectivity index (χ0n) is 37.6. The van der Waals surface area contributed by atoms with E-state index >= 15 is 0 Å². The van der Waals surface area contributed by atoms with Crippen LogP contribution in [0.25, 0.3) is 22.8 Å². The summed E-state index contributed by atoms with van der Waals surface area (Å²) in [5.41, 5.74) is 11.3. The van der Waals surface area contributed by atoms with Crippen molar-refractivity contribution in [2.45, 2.75) is 117 Å². The van der Waals surface area contributed by atoms with E-state index in [2.05, 4.69) is 66.0 Å². The van der Waals surface area contributed by atoms with Gasteiger partial charge in [-0.1, -0.05) is 64.1 Å². The van der Waals surface area contributed by atoms with Crippen molar-refractivity contribution in [3.63, 3.8) is 0 Å². The first-order valence-electron chi connectivity index (χ1n) is 22.9. The first-order chi connectivity index (χ1) is 31.7. The van der Waals surface area contributed by atoms with Crippen molar-refractivity contribution in [2.75, 3.05) is 26.2 Å². The van der Waals surface area contributed by atoms with E-state index in [0.29, 0.717) is 40.6 Å². The highest BCUT2D eigenvalue weighted by atomic mass is 35.5. The number of nitriles is 2. The molecule has 2 aliphatic heterocycles. The number of benzene rings is 4. The number of H-pyrrole nitrogens is 2. The molecule has 2 saturated carbocycles. The zero-order chi connectivity index (χ0) is 45.3. The number of nitrogens with zero attached hydrogens (tertiary/aromatic N) is 7. The fourth-order valence-electron chi connectivity index (χ4n) is 9.52. The summed E-state index contributed by atoms with van der Waals surface area (Å²) in [4.78, 5) is 35.3. The number of aromatic amines is 2. The molecule has 10 rings (SSSR count). The number of hydrogen-bond donors (Lipinski definition) is 4. The van der Waals surface area contributed by atoms with Crippen LogP contribution in [-0.4, -0.2) is 78.4 Å². The van der Waals surface area contributed by atoms with E-state index in [9.17, 15) is 14.7 Å². The highest BCUT2D eigenvalue weighted by Gasteiger charge is 2.30. The molecule has 13 nitrogen and oxygen atoms in total. The topological polar surface area (TPSA) is 200 Å². The predicted molar refractivity (Wildman–Crippen MR) is 269 cm³/mol. The second kappa shape index (κ2) is 24.4. The normalized spacial score (nSPS) is 15.9. The van der Waals surface area contributed by atoms with Crippen LogP contribution in [-0.2, 0) is 0 Å². The fraction of sp³-hybridized carbons (Fsp3) is 0.407. The SMILES string of the molecule is C.C.Cc1cc(C2CCC2)c(-c2ncn[nH]2)cc1C(=O)N1CCC(c2ccc(C#N)cc2)CC1.Cc1cc(C2CCC2)c(-c2ncn[nH]2)cc1C(=O)O.Cl.N#Cc1ccc(C2CCNCC2)cc1. The molecule has 4 heterocycles. The number of halogens is 1. The molecule has 2 aliphatic carbocycles. The Morgan fingerprint density at radius 3 is 1.43 bits per heavy atom. The molecule has 4 aliphatic rings. The highest BCUT2D eigenvalue weighted by molar-refractivity contribution is 5.97. The largest absolute Gasteiger partial charge is 0.478 e. The van der Waals surface area contributed by atoms with E-state index in [0.717, 1.165) is 91.1 Å². The molecule has 0 atom stereocenters. The smallest absolute Gasteiger partial charge is 0.335 e. The van der Waals surface area contributed by atoms with E-state index in [1.165, 1.54) is 73.4 Å². The minimum absolute atomic E-state index is 0. The van der Waals surface area contributed by atoms with Crippen LogP contribution in [0, 0.1) is 36.5 Å². The van der Waals surface area contributed by atoms with Crippen LogP contribution in [0.5, 0.6) is 0 Å². The predicted octanol–water partition coefficient (Wildman–Crippen LogP) is 11.4. The van der Waals surface area contributed by atoms with Crippen LogP contribution in [0.3, 0.4) is 0 Å². The Morgan fingerprint density at radius 1 is 0.618 bits per heavy atom. The minimum Gasteiger partial charge on any atom is -0.478 e. The number of likely N-dealkylation sites (tertiary alicyclic amines) is 1. The van der Waals surface area contributed by atoms with Crippen LogP contribution < -0.4 is 5.32 Å². The van der Waals surface area contributed by atoms with Crippen molar-refractivity contribution in [1.82, 2.24) is 40.6 Å². The van der Waals surface area contributed by atoms with Crippen molar-refractivity contribution in [3.8, 4) is 34.9 Å². The van der Waals surface area contributed by atoms with E-state index in [-0.39, 0.29) is 33.2 Å². The zero-order valence-corrected chi connectivity index (χ0v) is 38.4. The van der Waals surface area contributed by atoms with Gasteiger partial charge in [0.25, 0.3) is 5.91 Å². The Hall–Kier alpha value is -6.67. The van der Waals surface area contributed by atoms with Gasteiger partial charge in [-0.15, -0.1) is 12.4 Å². The number of aromatic nitrogens is 6. The van der Waals surface area contributed by atoms with Crippen LogP contribution in [0.2, 0.25) is 0 Å². The Morgan fingerprint density at radius 2 is 1.04 bits per heavy atom. The molecule has 356 valence electrons. The summed E-state index contributed by atoms with van der Waals surface area (Å²) >= 11 is 0. The molecular weight excluding hydrogens is 872 g/mol. The number of piperidine rings is 2. The molecule has 0 radical (unpaired) electrons. The summed E-state index contributed by atoms with van der Waals surface area (Å²) in [5, 5.41) is 44.0. The number of carbonyl (C=O) groups excluding carboxylic acids is 1. The average Bonchev–Trinajstić information content (AvgIpc) is 4.05. The lowest BCUT2D eigenvalue weighted by Crippen LogP contribution is -2.38. The molecule has 4 N–H and O–H groups in total. The van der Waals surface area contributed by atoms with Crippen LogP contribution in [0.15, 0.2) is 85.5 Å². The van der Waals surface area contributed by atoms with Gasteiger partial charge in [-0.25, -0.2) is 14.8 Å². The number of carboxylic acids is 1. The number of rotatable bonds is 8. The van der Waals surface area contributed by atoms with Gasteiger partial charge in [-0.2, -0.15) is 20.7 Å². The average molecular weight is 938 g/mol.